The van der Waals surface area contributed by atoms with Crippen LogP contribution in [0.15, 0.2) is 18.0 Å². The topological polar surface area (TPSA) is 36.3 Å². The third-order valence-electron chi connectivity index (χ3n) is 3.93. The predicted molar refractivity (Wildman–Crippen MR) is 81.1 cm³/mol. The van der Waals surface area contributed by atoms with Gasteiger partial charge in [-0.3, -0.25) is 0 Å². The van der Waals surface area contributed by atoms with Crippen LogP contribution >= 0.6 is 12.6 Å². The van der Waals surface area contributed by atoms with Crippen molar-refractivity contribution in [2.45, 2.75) is 38.9 Å². The van der Waals surface area contributed by atoms with Crippen molar-refractivity contribution >= 4 is 25.8 Å². The van der Waals surface area contributed by atoms with E-state index >= 15 is 0 Å². The van der Waals surface area contributed by atoms with Gasteiger partial charge in [0.25, 0.3) is 0 Å². The van der Waals surface area contributed by atoms with Crippen LogP contribution in [0.4, 0.5) is 0 Å². The van der Waals surface area contributed by atoms with Gasteiger partial charge in [-0.25, -0.2) is 4.98 Å². The van der Waals surface area contributed by atoms with Gasteiger partial charge in [0.1, 0.15) is 0 Å². The second kappa shape index (κ2) is 5.00. The molecule has 0 amide bonds. The highest BCUT2D eigenvalue weighted by molar-refractivity contribution is 7.80. The first-order chi connectivity index (χ1) is 8.77. The van der Waals surface area contributed by atoms with Crippen molar-refractivity contribution in [3.05, 3.63) is 23.7 Å². The molecule has 104 valence electrons. The van der Waals surface area contributed by atoms with E-state index in [1.807, 2.05) is 51.6 Å². The fourth-order valence-electron chi connectivity index (χ4n) is 1.88. The summed E-state index contributed by atoms with van der Waals surface area (Å²) in [6, 6.07) is 0. The van der Waals surface area contributed by atoms with Crippen molar-refractivity contribution in [3.63, 3.8) is 0 Å². The Morgan fingerprint density at radius 3 is 2.37 bits per heavy atom. The lowest BCUT2D eigenvalue weighted by Gasteiger charge is -2.32. The van der Waals surface area contributed by atoms with Crippen LogP contribution in [-0.4, -0.2) is 33.6 Å². The highest BCUT2D eigenvalue weighted by Gasteiger charge is 2.52. The van der Waals surface area contributed by atoms with Crippen molar-refractivity contribution in [2.75, 3.05) is 5.75 Å². The zero-order valence-corrected chi connectivity index (χ0v) is 13.1. The van der Waals surface area contributed by atoms with E-state index in [1.54, 1.807) is 6.33 Å². The predicted octanol–water partition coefficient (Wildman–Crippen LogP) is 2.36. The highest BCUT2D eigenvalue weighted by Crippen LogP contribution is 2.38. The van der Waals surface area contributed by atoms with Gasteiger partial charge < -0.3 is 13.9 Å². The molecule has 0 atom stereocenters. The monoisotopic (exact) mass is 280 g/mol. The number of hydrogen-bond donors (Lipinski definition) is 1. The average Bonchev–Trinajstić information content (AvgIpc) is 2.78. The second-order valence-electron chi connectivity index (χ2n) is 5.90. The summed E-state index contributed by atoms with van der Waals surface area (Å²) in [6.07, 6.45) is 5.61. The quantitative estimate of drug-likeness (QED) is 0.682. The summed E-state index contributed by atoms with van der Waals surface area (Å²) in [5.41, 5.74) is 1.36. The van der Waals surface area contributed by atoms with Gasteiger partial charge in [0.2, 0.25) is 0 Å². The van der Waals surface area contributed by atoms with Gasteiger partial charge in [-0.05, 0) is 39.2 Å². The SMILES string of the molecule is Cn1cncc1C=C(CS)B1OC(C)(C)C(C)(C)O1. The average molecular weight is 280 g/mol. The maximum atomic E-state index is 6.04. The number of hydrogen-bond acceptors (Lipinski definition) is 4. The van der Waals surface area contributed by atoms with Crippen LogP contribution in [-0.2, 0) is 16.4 Å². The van der Waals surface area contributed by atoms with Gasteiger partial charge >= 0.3 is 7.12 Å². The molecule has 1 aromatic heterocycles. The van der Waals surface area contributed by atoms with E-state index in [1.165, 1.54) is 0 Å². The van der Waals surface area contributed by atoms with Crippen LogP contribution < -0.4 is 0 Å². The molecule has 1 aliphatic heterocycles. The van der Waals surface area contributed by atoms with E-state index < -0.39 is 0 Å². The zero-order valence-electron chi connectivity index (χ0n) is 12.2. The molecule has 2 rings (SSSR count). The third kappa shape index (κ3) is 2.76. The number of imidazole rings is 1. The van der Waals surface area contributed by atoms with Crippen LogP contribution in [0.5, 0.6) is 0 Å². The highest BCUT2D eigenvalue weighted by atomic mass is 32.1. The molecule has 6 heteroatoms. The molecule has 0 N–H and O–H groups in total. The van der Waals surface area contributed by atoms with Crippen molar-refractivity contribution in [2.24, 2.45) is 7.05 Å². The summed E-state index contributed by atoms with van der Waals surface area (Å²) < 4.78 is 14.0. The minimum Gasteiger partial charge on any atom is -0.400 e. The van der Waals surface area contributed by atoms with Crippen molar-refractivity contribution in [1.29, 1.82) is 0 Å². The smallest absolute Gasteiger partial charge is 0.400 e. The maximum Gasteiger partial charge on any atom is 0.491 e. The Balaban J connectivity index is 2.26. The minimum atomic E-state index is -0.350. The fourth-order valence-corrected chi connectivity index (χ4v) is 2.12. The first kappa shape index (κ1) is 14.7. The molecule has 1 aromatic rings. The Hall–Kier alpha value is -0.715. The Labute approximate surface area is 120 Å². The number of rotatable bonds is 3. The molecule has 1 fully saturated rings. The molecule has 4 nitrogen and oxygen atoms in total. The van der Waals surface area contributed by atoms with E-state index in [2.05, 4.69) is 17.6 Å². The fraction of sp³-hybridized carbons (Fsp3) is 0.615. The summed E-state index contributed by atoms with van der Waals surface area (Å²) >= 11 is 4.39. The first-order valence-electron chi connectivity index (χ1n) is 6.40. The molecule has 0 unspecified atom stereocenters. The zero-order chi connectivity index (χ0) is 14.3. The molecule has 0 aliphatic carbocycles. The summed E-state index contributed by atoms with van der Waals surface area (Å²) in [5.74, 6) is 0.585. The lowest BCUT2D eigenvalue weighted by Crippen LogP contribution is -2.41. The van der Waals surface area contributed by atoms with Gasteiger partial charge in [0.05, 0.1) is 29.4 Å². The molecule has 0 saturated carbocycles. The van der Waals surface area contributed by atoms with Crippen LogP contribution in [0, 0.1) is 0 Å². The lowest BCUT2D eigenvalue weighted by atomic mass is 9.78. The normalized spacial score (nSPS) is 22.0. The van der Waals surface area contributed by atoms with E-state index in [-0.39, 0.29) is 18.3 Å². The van der Waals surface area contributed by atoms with Crippen LogP contribution in [0.3, 0.4) is 0 Å². The maximum absolute atomic E-state index is 6.04. The Morgan fingerprint density at radius 2 is 1.95 bits per heavy atom. The van der Waals surface area contributed by atoms with Crippen molar-refractivity contribution in [3.8, 4) is 0 Å². The van der Waals surface area contributed by atoms with E-state index in [4.69, 9.17) is 9.31 Å². The largest absolute Gasteiger partial charge is 0.491 e. The molecular weight excluding hydrogens is 259 g/mol. The number of aromatic nitrogens is 2. The standard InChI is InChI=1S/C13H21BN2O2S/c1-12(2)13(3,4)18-14(17-12)10(8-19)6-11-7-15-9-16(11)5/h6-7,9,19H,8H2,1-5H3. The van der Waals surface area contributed by atoms with Crippen molar-refractivity contribution in [1.82, 2.24) is 9.55 Å². The Kier molecular flexibility index (Phi) is 3.86. The molecule has 1 saturated heterocycles. The summed E-state index contributed by atoms with van der Waals surface area (Å²) in [5, 5.41) is 0. The van der Waals surface area contributed by atoms with E-state index in [0.29, 0.717) is 5.75 Å². The summed E-state index contributed by atoms with van der Waals surface area (Å²) in [4.78, 5) is 4.10. The van der Waals surface area contributed by atoms with Gasteiger partial charge in [-0.1, -0.05) is 0 Å². The van der Waals surface area contributed by atoms with Gasteiger partial charge in [-0.15, -0.1) is 0 Å². The van der Waals surface area contributed by atoms with Crippen LogP contribution in [0.2, 0.25) is 0 Å². The second-order valence-corrected chi connectivity index (χ2v) is 6.21. The first-order valence-corrected chi connectivity index (χ1v) is 7.03. The molecule has 0 aromatic carbocycles. The van der Waals surface area contributed by atoms with Gasteiger partial charge in [-0.2, -0.15) is 12.6 Å². The number of nitrogens with zero attached hydrogens (tertiary/aromatic N) is 2. The third-order valence-corrected chi connectivity index (χ3v) is 4.29. The van der Waals surface area contributed by atoms with Crippen LogP contribution in [0.1, 0.15) is 33.4 Å². The lowest BCUT2D eigenvalue weighted by molar-refractivity contribution is 0.00578. The molecule has 0 spiro atoms. The summed E-state index contributed by atoms with van der Waals surface area (Å²) in [6.45, 7) is 8.20. The van der Waals surface area contributed by atoms with E-state index in [0.717, 1.165) is 11.2 Å². The Morgan fingerprint density at radius 1 is 1.37 bits per heavy atom. The minimum absolute atomic E-state index is 0.327. The molecule has 0 bridgehead atoms. The molecule has 19 heavy (non-hydrogen) atoms. The molecular formula is C13H21BN2O2S. The van der Waals surface area contributed by atoms with E-state index in [9.17, 15) is 0 Å². The molecule has 0 radical (unpaired) electrons. The molecule has 1 aliphatic rings. The van der Waals surface area contributed by atoms with Gasteiger partial charge in [0.15, 0.2) is 0 Å². The van der Waals surface area contributed by atoms with Crippen LogP contribution in [0.25, 0.3) is 6.08 Å². The summed E-state index contributed by atoms with van der Waals surface area (Å²) in [7, 11) is 1.61. The number of aryl methyl sites for hydroxylation is 1. The van der Waals surface area contributed by atoms with Gasteiger partial charge in [0, 0.05) is 12.8 Å². The number of thiol groups is 1. The van der Waals surface area contributed by atoms with Crippen molar-refractivity contribution < 1.29 is 9.31 Å². The Bertz CT molecular complexity index is 481. The molecule has 2 heterocycles.